The van der Waals surface area contributed by atoms with Gasteiger partial charge < -0.3 is 15.3 Å². The number of piperazine rings is 1. The third kappa shape index (κ3) is 1.92. The molecule has 2 N–H and O–H groups in total. The monoisotopic (exact) mass is 248 g/mol. The first-order chi connectivity index (χ1) is 8.44. The SMILES string of the molecule is CC1(C)C(=O)NCCN1C(=O)c1ccccc1O. The fraction of sp³-hybridized carbons (Fsp3) is 0.385. The van der Waals surface area contributed by atoms with Crippen LogP contribution in [0, 0.1) is 0 Å². The summed E-state index contributed by atoms with van der Waals surface area (Å²) < 4.78 is 0. The highest BCUT2D eigenvalue weighted by atomic mass is 16.3. The Kier molecular flexibility index (Phi) is 2.98. The van der Waals surface area contributed by atoms with Gasteiger partial charge in [-0.3, -0.25) is 9.59 Å². The third-order valence-corrected chi connectivity index (χ3v) is 3.23. The molecule has 0 aromatic heterocycles. The van der Waals surface area contributed by atoms with Crippen molar-refractivity contribution in [2.24, 2.45) is 0 Å². The Morgan fingerprint density at radius 2 is 2.06 bits per heavy atom. The fourth-order valence-electron chi connectivity index (χ4n) is 2.05. The molecule has 1 aromatic carbocycles. The largest absolute Gasteiger partial charge is 0.507 e. The molecule has 5 heteroatoms. The Morgan fingerprint density at radius 3 is 2.72 bits per heavy atom. The Hall–Kier alpha value is -2.04. The Bertz CT molecular complexity index is 497. The van der Waals surface area contributed by atoms with Crippen LogP contribution in [0.3, 0.4) is 0 Å². The van der Waals surface area contributed by atoms with E-state index in [0.29, 0.717) is 13.1 Å². The molecule has 1 saturated heterocycles. The predicted octanol–water partition coefficient (Wildman–Crippen LogP) is 0.743. The van der Waals surface area contributed by atoms with E-state index >= 15 is 0 Å². The maximum Gasteiger partial charge on any atom is 0.258 e. The van der Waals surface area contributed by atoms with E-state index < -0.39 is 5.54 Å². The van der Waals surface area contributed by atoms with Gasteiger partial charge in [-0.2, -0.15) is 0 Å². The Balaban J connectivity index is 2.34. The summed E-state index contributed by atoms with van der Waals surface area (Å²) in [6, 6.07) is 6.36. The van der Waals surface area contributed by atoms with Crippen molar-refractivity contribution >= 4 is 11.8 Å². The average Bonchev–Trinajstić information content (AvgIpc) is 2.32. The van der Waals surface area contributed by atoms with Gasteiger partial charge in [-0.05, 0) is 26.0 Å². The number of phenols is 1. The third-order valence-electron chi connectivity index (χ3n) is 3.23. The molecule has 0 saturated carbocycles. The zero-order valence-electron chi connectivity index (χ0n) is 10.4. The van der Waals surface area contributed by atoms with Crippen LogP contribution in [0.25, 0.3) is 0 Å². The summed E-state index contributed by atoms with van der Waals surface area (Å²) in [5.41, 5.74) is -0.683. The van der Waals surface area contributed by atoms with Gasteiger partial charge in [-0.25, -0.2) is 0 Å². The molecule has 0 bridgehead atoms. The van der Waals surface area contributed by atoms with Crippen LogP contribution in [0.1, 0.15) is 24.2 Å². The van der Waals surface area contributed by atoms with E-state index in [1.54, 1.807) is 32.0 Å². The fourth-order valence-corrected chi connectivity index (χ4v) is 2.05. The van der Waals surface area contributed by atoms with Gasteiger partial charge in [0.05, 0.1) is 5.56 Å². The predicted molar refractivity (Wildman–Crippen MR) is 66.2 cm³/mol. The van der Waals surface area contributed by atoms with Crippen LogP contribution in [-0.4, -0.2) is 40.4 Å². The lowest BCUT2D eigenvalue weighted by Crippen LogP contribution is -2.63. The summed E-state index contributed by atoms with van der Waals surface area (Å²) in [7, 11) is 0. The zero-order chi connectivity index (χ0) is 13.3. The minimum atomic E-state index is -0.905. The van der Waals surface area contributed by atoms with Crippen molar-refractivity contribution in [2.45, 2.75) is 19.4 Å². The first kappa shape index (κ1) is 12.4. The van der Waals surface area contributed by atoms with Crippen molar-refractivity contribution in [3.63, 3.8) is 0 Å². The number of hydrogen-bond donors (Lipinski definition) is 2. The smallest absolute Gasteiger partial charge is 0.258 e. The summed E-state index contributed by atoms with van der Waals surface area (Å²) in [4.78, 5) is 25.6. The molecular formula is C13H16N2O3. The first-order valence-corrected chi connectivity index (χ1v) is 5.83. The number of carbonyl (C=O) groups is 2. The minimum Gasteiger partial charge on any atom is -0.507 e. The molecule has 0 atom stereocenters. The number of aromatic hydroxyl groups is 1. The summed E-state index contributed by atoms with van der Waals surface area (Å²) >= 11 is 0. The average molecular weight is 248 g/mol. The maximum absolute atomic E-state index is 12.4. The van der Waals surface area contributed by atoms with E-state index in [1.165, 1.54) is 11.0 Å². The Labute approximate surface area is 105 Å². The van der Waals surface area contributed by atoms with E-state index in [0.717, 1.165) is 0 Å². The van der Waals surface area contributed by atoms with Gasteiger partial charge in [0.1, 0.15) is 11.3 Å². The molecule has 1 aliphatic heterocycles. The molecule has 2 amide bonds. The Morgan fingerprint density at radius 1 is 1.39 bits per heavy atom. The normalized spacial score (nSPS) is 18.3. The molecule has 0 spiro atoms. The van der Waals surface area contributed by atoms with Crippen molar-refractivity contribution in [3.05, 3.63) is 29.8 Å². The van der Waals surface area contributed by atoms with E-state index in [2.05, 4.69) is 5.32 Å². The number of nitrogens with zero attached hydrogens (tertiary/aromatic N) is 1. The van der Waals surface area contributed by atoms with Crippen LogP contribution in [-0.2, 0) is 4.79 Å². The second-order valence-corrected chi connectivity index (χ2v) is 4.79. The van der Waals surface area contributed by atoms with E-state index in [4.69, 9.17) is 0 Å². The van der Waals surface area contributed by atoms with Crippen LogP contribution in [0.5, 0.6) is 5.75 Å². The van der Waals surface area contributed by atoms with Gasteiger partial charge in [-0.1, -0.05) is 12.1 Å². The molecule has 1 heterocycles. The molecule has 5 nitrogen and oxygen atoms in total. The van der Waals surface area contributed by atoms with Crippen LogP contribution in [0.2, 0.25) is 0 Å². The number of amides is 2. The molecule has 0 aliphatic carbocycles. The number of nitrogens with one attached hydrogen (secondary N) is 1. The lowest BCUT2D eigenvalue weighted by Gasteiger charge is -2.41. The highest BCUT2D eigenvalue weighted by Gasteiger charge is 2.41. The first-order valence-electron chi connectivity index (χ1n) is 5.83. The number of carbonyl (C=O) groups excluding carboxylic acids is 2. The molecule has 0 radical (unpaired) electrons. The summed E-state index contributed by atoms with van der Waals surface area (Å²) in [5.74, 6) is -0.574. The second kappa shape index (κ2) is 4.33. The topological polar surface area (TPSA) is 69.6 Å². The lowest BCUT2D eigenvalue weighted by atomic mass is 9.97. The van der Waals surface area contributed by atoms with Crippen molar-refractivity contribution in [3.8, 4) is 5.75 Å². The lowest BCUT2D eigenvalue weighted by molar-refractivity contribution is -0.133. The van der Waals surface area contributed by atoms with Gasteiger partial charge >= 0.3 is 0 Å². The van der Waals surface area contributed by atoms with E-state index in [-0.39, 0.29) is 23.1 Å². The molecule has 0 unspecified atom stereocenters. The highest BCUT2D eigenvalue weighted by Crippen LogP contribution is 2.24. The van der Waals surface area contributed by atoms with Crippen molar-refractivity contribution in [1.82, 2.24) is 10.2 Å². The van der Waals surface area contributed by atoms with E-state index in [9.17, 15) is 14.7 Å². The maximum atomic E-state index is 12.4. The van der Waals surface area contributed by atoms with Crippen LogP contribution >= 0.6 is 0 Å². The molecule has 1 aliphatic rings. The van der Waals surface area contributed by atoms with Crippen LogP contribution in [0.4, 0.5) is 0 Å². The molecule has 18 heavy (non-hydrogen) atoms. The van der Waals surface area contributed by atoms with Gasteiger partial charge in [-0.15, -0.1) is 0 Å². The summed E-state index contributed by atoms with van der Waals surface area (Å²) in [6.07, 6.45) is 0. The zero-order valence-corrected chi connectivity index (χ0v) is 10.4. The molecule has 96 valence electrons. The van der Waals surface area contributed by atoms with Gasteiger partial charge in [0.15, 0.2) is 0 Å². The van der Waals surface area contributed by atoms with Gasteiger partial charge in [0.2, 0.25) is 5.91 Å². The molecule has 1 fully saturated rings. The number of rotatable bonds is 1. The number of benzene rings is 1. The summed E-state index contributed by atoms with van der Waals surface area (Å²) in [6.45, 7) is 4.26. The standard InChI is InChI=1S/C13H16N2O3/c1-13(2)12(18)14-7-8-15(13)11(17)9-5-3-4-6-10(9)16/h3-6,16H,7-8H2,1-2H3,(H,14,18). The molecule has 1 aromatic rings. The molecule has 2 rings (SSSR count). The van der Waals surface area contributed by atoms with Crippen molar-refractivity contribution in [1.29, 1.82) is 0 Å². The number of hydrogen-bond acceptors (Lipinski definition) is 3. The number of para-hydroxylation sites is 1. The second-order valence-electron chi connectivity index (χ2n) is 4.79. The van der Waals surface area contributed by atoms with E-state index in [1.807, 2.05) is 0 Å². The quantitative estimate of drug-likeness (QED) is 0.770. The van der Waals surface area contributed by atoms with Crippen molar-refractivity contribution in [2.75, 3.05) is 13.1 Å². The minimum absolute atomic E-state index is 0.0655. The van der Waals surface area contributed by atoms with Gasteiger partial charge in [0.25, 0.3) is 5.91 Å². The van der Waals surface area contributed by atoms with Crippen molar-refractivity contribution < 1.29 is 14.7 Å². The summed E-state index contributed by atoms with van der Waals surface area (Å²) in [5, 5.41) is 12.4. The van der Waals surface area contributed by atoms with Gasteiger partial charge in [0, 0.05) is 13.1 Å². The number of phenolic OH excluding ortho intramolecular Hbond substituents is 1. The highest BCUT2D eigenvalue weighted by molar-refractivity contribution is 6.01. The molecular weight excluding hydrogens is 232 g/mol. The van der Waals surface area contributed by atoms with Crippen LogP contribution in [0.15, 0.2) is 24.3 Å². The van der Waals surface area contributed by atoms with Crippen LogP contribution < -0.4 is 5.32 Å².